The smallest absolute Gasteiger partial charge is 0.0205 e. The Morgan fingerprint density at radius 3 is 2.00 bits per heavy atom. The SMILES string of the molecule is C[C]CC(C)C. The van der Waals surface area contributed by atoms with Crippen LogP contribution in [0.4, 0.5) is 0 Å². The highest BCUT2D eigenvalue weighted by molar-refractivity contribution is 4.57. The number of rotatable bonds is 2. The van der Waals surface area contributed by atoms with E-state index < -0.39 is 0 Å². The molecule has 0 atom stereocenters. The van der Waals surface area contributed by atoms with Gasteiger partial charge in [-0.2, -0.15) is 0 Å². The Balaban J connectivity index is 2.63. The normalized spacial score (nSPS) is 10.0. The Hall–Kier alpha value is 0. The highest BCUT2D eigenvalue weighted by atomic mass is 13.9. The lowest BCUT2D eigenvalue weighted by atomic mass is 10.1. The summed E-state index contributed by atoms with van der Waals surface area (Å²) in [6.07, 6.45) is 4.19. The molecule has 0 spiro atoms. The fraction of sp³-hybridized carbons (Fsp3) is 0.833. The molecule has 0 N–H and O–H groups in total. The maximum Gasteiger partial charge on any atom is -0.0205 e. The van der Waals surface area contributed by atoms with Crippen molar-refractivity contribution < 1.29 is 0 Å². The van der Waals surface area contributed by atoms with Crippen molar-refractivity contribution in [2.24, 2.45) is 5.92 Å². The van der Waals surface area contributed by atoms with Crippen molar-refractivity contribution in [3.8, 4) is 0 Å². The highest BCUT2D eigenvalue weighted by Gasteiger charge is 1.86. The van der Waals surface area contributed by atoms with E-state index in [1.54, 1.807) is 0 Å². The molecule has 0 aliphatic carbocycles. The van der Waals surface area contributed by atoms with Crippen LogP contribution in [0.2, 0.25) is 0 Å². The van der Waals surface area contributed by atoms with Gasteiger partial charge in [-0.05, 0) is 18.8 Å². The van der Waals surface area contributed by atoms with Gasteiger partial charge in [0.05, 0.1) is 0 Å². The standard InChI is InChI=1S/C6H12/c1-4-5-6(2)3/h6H,5H2,1-3H3. The number of hydrogen-bond acceptors (Lipinski definition) is 0. The molecular weight excluding hydrogens is 72.1 g/mol. The summed E-state index contributed by atoms with van der Waals surface area (Å²) in [4.78, 5) is 0. The largest absolute Gasteiger partial charge is 0.0628 e. The first-order valence-corrected chi connectivity index (χ1v) is 2.42. The molecule has 6 heavy (non-hydrogen) atoms. The van der Waals surface area contributed by atoms with Crippen molar-refractivity contribution in [1.29, 1.82) is 0 Å². The minimum atomic E-state index is 0.787. The fourth-order valence-corrected chi connectivity index (χ4v) is 0.408. The van der Waals surface area contributed by atoms with Crippen LogP contribution in [0.5, 0.6) is 0 Å². The summed E-state index contributed by atoms with van der Waals surface area (Å²) in [5.41, 5.74) is 0. The third-order valence-corrected chi connectivity index (χ3v) is 0.612. The predicted molar refractivity (Wildman–Crippen MR) is 28.4 cm³/mol. The zero-order chi connectivity index (χ0) is 4.99. The van der Waals surface area contributed by atoms with Gasteiger partial charge in [0, 0.05) is 0 Å². The van der Waals surface area contributed by atoms with Crippen LogP contribution in [0.1, 0.15) is 27.2 Å². The average Bonchev–Trinajstić information content (AvgIpc) is 1.35. The van der Waals surface area contributed by atoms with Gasteiger partial charge in [0.2, 0.25) is 0 Å². The van der Waals surface area contributed by atoms with Crippen molar-refractivity contribution in [1.82, 2.24) is 0 Å². The van der Waals surface area contributed by atoms with E-state index in [1.165, 1.54) is 0 Å². The molecule has 2 radical (unpaired) electrons. The molecule has 0 nitrogen and oxygen atoms in total. The van der Waals surface area contributed by atoms with Gasteiger partial charge in [-0.15, -0.1) is 0 Å². The molecule has 0 saturated heterocycles. The molecule has 0 amide bonds. The second-order valence-corrected chi connectivity index (χ2v) is 1.95. The quantitative estimate of drug-likeness (QED) is 0.481. The van der Waals surface area contributed by atoms with Crippen molar-refractivity contribution in [2.75, 3.05) is 0 Å². The maximum atomic E-state index is 3.07. The van der Waals surface area contributed by atoms with Gasteiger partial charge >= 0.3 is 0 Å². The van der Waals surface area contributed by atoms with Gasteiger partial charge in [-0.25, -0.2) is 0 Å². The summed E-state index contributed by atoms with van der Waals surface area (Å²) >= 11 is 0. The molecule has 0 saturated carbocycles. The molecule has 36 valence electrons. The first-order chi connectivity index (χ1) is 2.77. The Bertz CT molecular complexity index is 21.2. The van der Waals surface area contributed by atoms with Crippen LogP contribution in [0.25, 0.3) is 0 Å². The highest BCUT2D eigenvalue weighted by Crippen LogP contribution is 1.99. The minimum absolute atomic E-state index is 0.787. The van der Waals surface area contributed by atoms with Gasteiger partial charge in [-0.1, -0.05) is 20.8 Å². The molecule has 0 rings (SSSR count). The van der Waals surface area contributed by atoms with Crippen molar-refractivity contribution in [3.05, 3.63) is 6.42 Å². The Labute approximate surface area is 40.6 Å². The Morgan fingerprint density at radius 1 is 1.50 bits per heavy atom. The lowest BCUT2D eigenvalue weighted by molar-refractivity contribution is 0.639. The van der Waals surface area contributed by atoms with E-state index in [-0.39, 0.29) is 0 Å². The van der Waals surface area contributed by atoms with Gasteiger partial charge in [0.25, 0.3) is 0 Å². The van der Waals surface area contributed by atoms with Crippen LogP contribution in [0.3, 0.4) is 0 Å². The maximum absolute atomic E-state index is 3.07. The van der Waals surface area contributed by atoms with Crippen LogP contribution >= 0.6 is 0 Å². The fourth-order valence-electron chi connectivity index (χ4n) is 0.408. The van der Waals surface area contributed by atoms with Gasteiger partial charge < -0.3 is 0 Å². The third-order valence-electron chi connectivity index (χ3n) is 0.612. The molecule has 0 heterocycles. The van der Waals surface area contributed by atoms with E-state index >= 15 is 0 Å². The van der Waals surface area contributed by atoms with Crippen molar-refractivity contribution >= 4 is 0 Å². The molecule has 0 aromatic rings. The summed E-state index contributed by atoms with van der Waals surface area (Å²) in [6.45, 7) is 6.35. The van der Waals surface area contributed by atoms with Gasteiger partial charge in [0.1, 0.15) is 0 Å². The van der Waals surface area contributed by atoms with E-state index in [0.717, 1.165) is 12.3 Å². The third kappa shape index (κ3) is 4.00. The van der Waals surface area contributed by atoms with Crippen LogP contribution < -0.4 is 0 Å². The summed E-state index contributed by atoms with van der Waals surface area (Å²) in [5, 5.41) is 0. The van der Waals surface area contributed by atoms with Crippen LogP contribution in [0, 0.1) is 12.3 Å². The van der Waals surface area contributed by atoms with Gasteiger partial charge in [0.15, 0.2) is 0 Å². The van der Waals surface area contributed by atoms with E-state index in [4.69, 9.17) is 0 Å². The molecule has 0 heteroatoms. The van der Waals surface area contributed by atoms with E-state index in [0.29, 0.717) is 0 Å². The van der Waals surface area contributed by atoms with Crippen LogP contribution in [-0.4, -0.2) is 0 Å². The van der Waals surface area contributed by atoms with Crippen LogP contribution in [-0.2, 0) is 0 Å². The zero-order valence-electron chi connectivity index (χ0n) is 4.78. The average molecular weight is 84.2 g/mol. The monoisotopic (exact) mass is 84.1 g/mol. The zero-order valence-corrected chi connectivity index (χ0v) is 4.78. The van der Waals surface area contributed by atoms with Gasteiger partial charge in [-0.3, -0.25) is 0 Å². The lowest BCUT2D eigenvalue weighted by Crippen LogP contribution is -1.82. The summed E-state index contributed by atoms with van der Waals surface area (Å²) in [7, 11) is 0. The molecule has 0 aromatic heterocycles. The molecular formula is C6H12. The topological polar surface area (TPSA) is 0 Å². The van der Waals surface area contributed by atoms with E-state index in [9.17, 15) is 0 Å². The minimum Gasteiger partial charge on any atom is -0.0628 e. The Morgan fingerprint density at radius 2 is 2.00 bits per heavy atom. The first-order valence-electron chi connectivity index (χ1n) is 2.42. The number of hydrogen-bond donors (Lipinski definition) is 0. The first kappa shape index (κ1) is 6.00. The molecule has 0 aromatic carbocycles. The summed E-state index contributed by atoms with van der Waals surface area (Å²) in [6, 6.07) is 0. The summed E-state index contributed by atoms with van der Waals surface area (Å²) in [5.74, 6) is 0.787. The van der Waals surface area contributed by atoms with E-state index in [1.807, 2.05) is 6.92 Å². The molecule has 0 unspecified atom stereocenters. The lowest BCUT2D eigenvalue weighted by Gasteiger charge is -1.95. The second kappa shape index (κ2) is 3.20. The van der Waals surface area contributed by atoms with E-state index in [2.05, 4.69) is 20.3 Å². The molecule has 0 aliphatic rings. The van der Waals surface area contributed by atoms with Crippen molar-refractivity contribution in [2.45, 2.75) is 27.2 Å². The predicted octanol–water partition coefficient (Wildman–Crippen LogP) is 2.13. The summed E-state index contributed by atoms with van der Waals surface area (Å²) < 4.78 is 0. The molecule has 0 bridgehead atoms. The molecule has 0 fully saturated rings. The van der Waals surface area contributed by atoms with Crippen LogP contribution in [0.15, 0.2) is 0 Å². The second-order valence-electron chi connectivity index (χ2n) is 1.95. The Kier molecular flexibility index (Phi) is 3.20. The molecule has 0 aliphatic heterocycles. The van der Waals surface area contributed by atoms with Crippen molar-refractivity contribution in [3.63, 3.8) is 0 Å².